The topological polar surface area (TPSA) is 117 Å². The number of nitrogens with zero attached hydrogens (tertiary/aromatic N) is 5. The van der Waals surface area contributed by atoms with E-state index in [9.17, 15) is 9.18 Å². The fourth-order valence-corrected chi connectivity index (χ4v) is 6.62. The zero-order valence-corrected chi connectivity index (χ0v) is 24.0. The normalized spacial score (nSPS) is 16.5. The highest BCUT2D eigenvalue weighted by Crippen LogP contribution is 2.35. The Labute approximate surface area is 250 Å². The molecular formula is C31H28F2N8OS. The van der Waals surface area contributed by atoms with Gasteiger partial charge in [0, 0.05) is 53.4 Å². The highest BCUT2D eigenvalue weighted by atomic mass is 32.1. The molecule has 2 aliphatic heterocycles. The van der Waals surface area contributed by atoms with E-state index in [1.165, 1.54) is 12.3 Å². The standard InChI is InChI=1S/C31H28F2N8OS/c32-24-7-6-23(43-24)27-20-8-10-36-30(41-22(20)9-11-35-27)28-25-26(33)21(15-37-29(25)39-16-38-28)18-12-19(14-34-13-18)40-31(42)17-4-2-1-3-5-17/h6-7,9,11-15,17H,1-5,8,10,16H2,(H,36,41)(H,37,39)(H,40,42). The molecule has 4 aromatic rings. The number of pyridine rings is 3. The van der Waals surface area contributed by atoms with Crippen LogP contribution in [0.1, 0.15) is 43.2 Å². The number of aromatic nitrogens is 3. The van der Waals surface area contributed by atoms with Crippen LogP contribution in [0.25, 0.3) is 21.7 Å². The van der Waals surface area contributed by atoms with Crippen LogP contribution >= 0.6 is 11.3 Å². The smallest absolute Gasteiger partial charge is 0.227 e. The van der Waals surface area contributed by atoms with Crippen molar-refractivity contribution in [2.75, 3.05) is 29.2 Å². The van der Waals surface area contributed by atoms with Gasteiger partial charge in [0.2, 0.25) is 5.91 Å². The van der Waals surface area contributed by atoms with Crippen LogP contribution in [0, 0.1) is 16.9 Å². The van der Waals surface area contributed by atoms with Crippen molar-refractivity contribution < 1.29 is 13.6 Å². The summed E-state index contributed by atoms with van der Waals surface area (Å²) in [5.74, 6) is 0.217. The van der Waals surface area contributed by atoms with Gasteiger partial charge >= 0.3 is 0 Å². The summed E-state index contributed by atoms with van der Waals surface area (Å²) in [4.78, 5) is 36.2. The van der Waals surface area contributed by atoms with Gasteiger partial charge in [0.15, 0.2) is 11.0 Å². The monoisotopic (exact) mass is 598 g/mol. The van der Waals surface area contributed by atoms with Crippen molar-refractivity contribution in [1.29, 1.82) is 0 Å². The lowest BCUT2D eigenvalue weighted by molar-refractivity contribution is -0.120. The first-order valence-electron chi connectivity index (χ1n) is 14.3. The van der Waals surface area contributed by atoms with Crippen molar-refractivity contribution in [3.63, 3.8) is 0 Å². The summed E-state index contributed by atoms with van der Waals surface area (Å²) in [7, 11) is 0. The fraction of sp³-hybridized carbons (Fsp3) is 0.290. The zero-order valence-electron chi connectivity index (χ0n) is 23.2. The minimum absolute atomic E-state index is 0.0132. The molecule has 4 aromatic heterocycles. The van der Waals surface area contributed by atoms with E-state index >= 15 is 4.39 Å². The second-order valence-electron chi connectivity index (χ2n) is 10.7. The number of halogens is 2. The fourth-order valence-electron chi connectivity index (χ4n) is 5.87. The van der Waals surface area contributed by atoms with E-state index < -0.39 is 5.82 Å². The number of thiophene rings is 1. The van der Waals surface area contributed by atoms with E-state index in [1.54, 1.807) is 30.7 Å². The SMILES string of the molecule is O=C(Nc1cncc(-c2cnc3c(c2F)C(C2=NCCc4c(ccnc4-c4ccc(F)s4)N2)=NCN3)c1)C1CCCCC1. The first kappa shape index (κ1) is 27.3. The van der Waals surface area contributed by atoms with Crippen LogP contribution < -0.4 is 16.0 Å². The maximum absolute atomic E-state index is 16.4. The largest absolute Gasteiger partial charge is 0.350 e. The third-order valence-electron chi connectivity index (χ3n) is 8.00. The Bertz CT molecular complexity index is 1780. The zero-order chi connectivity index (χ0) is 29.3. The van der Waals surface area contributed by atoms with Crippen LogP contribution in [0.2, 0.25) is 0 Å². The lowest BCUT2D eigenvalue weighted by atomic mass is 9.88. The minimum Gasteiger partial charge on any atom is -0.350 e. The predicted molar refractivity (Wildman–Crippen MR) is 165 cm³/mol. The first-order chi connectivity index (χ1) is 21.0. The molecule has 3 aliphatic rings. The molecule has 7 rings (SSSR count). The number of fused-ring (bicyclic) bond motifs is 2. The highest BCUT2D eigenvalue weighted by Gasteiger charge is 2.29. The van der Waals surface area contributed by atoms with Crippen molar-refractivity contribution in [1.82, 2.24) is 15.0 Å². The summed E-state index contributed by atoms with van der Waals surface area (Å²) in [5.41, 5.74) is 4.14. The van der Waals surface area contributed by atoms with Gasteiger partial charge in [0.25, 0.3) is 0 Å². The van der Waals surface area contributed by atoms with Gasteiger partial charge in [-0.05, 0) is 43.5 Å². The number of rotatable bonds is 5. The van der Waals surface area contributed by atoms with Crippen molar-refractivity contribution in [2.24, 2.45) is 15.9 Å². The van der Waals surface area contributed by atoms with E-state index in [0.717, 1.165) is 59.6 Å². The molecule has 0 unspecified atom stereocenters. The molecule has 9 nitrogen and oxygen atoms in total. The molecule has 3 N–H and O–H groups in total. The van der Waals surface area contributed by atoms with Gasteiger partial charge in [0.1, 0.15) is 24.0 Å². The molecule has 6 heterocycles. The number of nitrogens with one attached hydrogen (secondary N) is 3. The molecule has 0 spiro atoms. The molecule has 0 saturated heterocycles. The summed E-state index contributed by atoms with van der Waals surface area (Å²) in [6.45, 7) is 0.618. The summed E-state index contributed by atoms with van der Waals surface area (Å²) in [5, 5.41) is 9.08. The second kappa shape index (κ2) is 11.6. The first-order valence-corrected chi connectivity index (χ1v) is 15.2. The van der Waals surface area contributed by atoms with Gasteiger partial charge in [-0.3, -0.25) is 24.7 Å². The van der Waals surface area contributed by atoms with E-state index in [0.29, 0.717) is 47.3 Å². The number of hydrogen-bond donors (Lipinski definition) is 3. The molecule has 0 atom stereocenters. The number of aliphatic imine (C=N–C) groups is 2. The van der Waals surface area contributed by atoms with Crippen molar-refractivity contribution in [3.05, 3.63) is 71.1 Å². The molecule has 0 bridgehead atoms. The predicted octanol–water partition coefficient (Wildman–Crippen LogP) is 6.30. The van der Waals surface area contributed by atoms with Gasteiger partial charge in [-0.1, -0.05) is 19.3 Å². The van der Waals surface area contributed by atoms with Gasteiger partial charge in [0.05, 0.1) is 28.0 Å². The Kier molecular flexibility index (Phi) is 7.35. The lowest BCUT2D eigenvalue weighted by Crippen LogP contribution is -2.30. The Balaban J connectivity index is 1.19. The van der Waals surface area contributed by atoms with E-state index in [4.69, 9.17) is 4.99 Å². The molecule has 1 amide bonds. The van der Waals surface area contributed by atoms with Crippen LogP contribution in [-0.4, -0.2) is 45.6 Å². The number of hydrogen-bond acceptors (Lipinski definition) is 9. The Hall–Kier alpha value is -4.58. The van der Waals surface area contributed by atoms with E-state index in [2.05, 4.69) is 35.9 Å². The molecule has 12 heteroatoms. The summed E-state index contributed by atoms with van der Waals surface area (Å²) >= 11 is 1.04. The van der Waals surface area contributed by atoms with Crippen LogP contribution in [0.4, 0.5) is 26.0 Å². The average molecular weight is 599 g/mol. The molecule has 1 saturated carbocycles. The highest BCUT2D eigenvalue weighted by molar-refractivity contribution is 7.13. The average Bonchev–Trinajstić information content (AvgIpc) is 3.35. The minimum atomic E-state index is -0.521. The van der Waals surface area contributed by atoms with Crippen LogP contribution in [0.3, 0.4) is 0 Å². The number of anilines is 3. The summed E-state index contributed by atoms with van der Waals surface area (Å²) in [6.07, 6.45) is 11.8. The Morgan fingerprint density at radius 2 is 1.91 bits per heavy atom. The molecule has 0 radical (unpaired) electrons. The molecule has 0 aromatic carbocycles. The van der Waals surface area contributed by atoms with E-state index in [1.807, 2.05) is 6.07 Å². The third-order valence-corrected chi connectivity index (χ3v) is 8.88. The number of amidine groups is 1. The van der Waals surface area contributed by atoms with Gasteiger partial charge in [-0.25, -0.2) is 9.37 Å². The maximum atomic E-state index is 16.4. The van der Waals surface area contributed by atoms with Crippen LogP contribution in [0.15, 0.2) is 59.0 Å². The van der Waals surface area contributed by atoms with Crippen LogP contribution in [-0.2, 0) is 11.2 Å². The van der Waals surface area contributed by atoms with Crippen LogP contribution in [0.5, 0.6) is 0 Å². The number of amides is 1. The van der Waals surface area contributed by atoms with Gasteiger partial charge < -0.3 is 16.0 Å². The molecule has 43 heavy (non-hydrogen) atoms. The Morgan fingerprint density at radius 1 is 1.02 bits per heavy atom. The molecule has 1 fully saturated rings. The quantitative estimate of drug-likeness (QED) is 0.248. The summed E-state index contributed by atoms with van der Waals surface area (Å²) in [6, 6.07) is 6.69. The molecule has 1 aliphatic carbocycles. The number of carbonyl (C=O) groups is 1. The third kappa shape index (κ3) is 5.38. The van der Waals surface area contributed by atoms with E-state index in [-0.39, 0.29) is 34.8 Å². The second-order valence-corrected chi connectivity index (χ2v) is 11.8. The Morgan fingerprint density at radius 3 is 2.74 bits per heavy atom. The summed E-state index contributed by atoms with van der Waals surface area (Å²) < 4.78 is 30.2. The number of carbonyl (C=O) groups excluding carboxylic acids is 1. The molecular weight excluding hydrogens is 570 g/mol. The van der Waals surface area contributed by atoms with Crippen molar-refractivity contribution in [3.8, 4) is 21.7 Å². The lowest BCUT2D eigenvalue weighted by Gasteiger charge is -2.22. The maximum Gasteiger partial charge on any atom is 0.227 e. The molecule has 218 valence electrons. The van der Waals surface area contributed by atoms with Crippen molar-refractivity contribution in [2.45, 2.75) is 38.5 Å². The van der Waals surface area contributed by atoms with Gasteiger partial charge in [-0.15, -0.1) is 11.3 Å². The van der Waals surface area contributed by atoms with Gasteiger partial charge in [-0.2, -0.15) is 4.39 Å². The van der Waals surface area contributed by atoms with Crippen molar-refractivity contribution >= 4 is 46.0 Å².